The molecule has 5 aromatic rings. The molecule has 54 heavy (non-hydrogen) atoms. The van der Waals surface area contributed by atoms with Crippen LogP contribution in [0.2, 0.25) is 0 Å². The first-order valence-corrected chi connectivity index (χ1v) is 17.2. The summed E-state index contributed by atoms with van der Waals surface area (Å²) in [6.45, 7) is 3.41. The van der Waals surface area contributed by atoms with Crippen molar-refractivity contribution in [1.29, 1.82) is 5.26 Å². The largest absolute Gasteiger partial charge is 1.00 e. The van der Waals surface area contributed by atoms with Crippen LogP contribution < -0.4 is 27.9 Å². The fourth-order valence-corrected chi connectivity index (χ4v) is 7.15. The van der Waals surface area contributed by atoms with Crippen LogP contribution in [0.4, 0.5) is 13.2 Å². The normalized spacial score (nSPS) is 14.2. The minimum Gasteiger partial charge on any atom is -1.00 e. The highest BCUT2D eigenvalue weighted by atomic mass is 79.9. The molecule has 1 atom stereocenters. The molecule has 282 valence electrons. The van der Waals surface area contributed by atoms with Gasteiger partial charge in [0.25, 0.3) is 11.5 Å². The Balaban J connectivity index is 0.00000561. The molecule has 0 aliphatic carbocycles. The van der Waals surface area contributed by atoms with Gasteiger partial charge in [-0.3, -0.25) is 19.1 Å². The summed E-state index contributed by atoms with van der Waals surface area (Å²) in [6, 6.07) is 23.9. The van der Waals surface area contributed by atoms with Crippen molar-refractivity contribution >= 4 is 11.8 Å². The van der Waals surface area contributed by atoms with Crippen LogP contribution in [0.25, 0.3) is 22.8 Å². The molecule has 11 nitrogen and oxygen atoms in total. The number of hydrogen-bond acceptors (Lipinski definition) is 5. The van der Waals surface area contributed by atoms with Gasteiger partial charge in [0.05, 0.1) is 60.6 Å². The minimum atomic E-state index is -4.68. The van der Waals surface area contributed by atoms with E-state index in [2.05, 4.69) is 36.6 Å². The van der Waals surface area contributed by atoms with Crippen molar-refractivity contribution in [3.8, 4) is 28.8 Å². The fraction of sp³-hybridized carbons (Fsp3) is 0.308. The van der Waals surface area contributed by atoms with Crippen molar-refractivity contribution in [3.05, 3.63) is 124 Å². The van der Waals surface area contributed by atoms with Gasteiger partial charge in [0.1, 0.15) is 23.8 Å². The molecule has 2 amide bonds. The fourth-order valence-electron chi connectivity index (χ4n) is 7.15. The number of nitrogens with zero attached hydrogens (tertiary/aromatic N) is 7. The predicted octanol–water partition coefficient (Wildman–Crippen LogP) is 2.31. The Labute approximate surface area is 321 Å². The van der Waals surface area contributed by atoms with Crippen molar-refractivity contribution < 1.29 is 44.2 Å². The lowest BCUT2D eigenvalue weighted by atomic mass is 9.99. The van der Waals surface area contributed by atoms with Crippen LogP contribution in [0.5, 0.6) is 0 Å². The van der Waals surface area contributed by atoms with Crippen molar-refractivity contribution in [2.75, 3.05) is 27.2 Å². The van der Waals surface area contributed by atoms with Crippen LogP contribution in [0.3, 0.4) is 0 Å². The molecular weight excluding hydrogens is 765 g/mol. The van der Waals surface area contributed by atoms with Crippen molar-refractivity contribution in [2.24, 2.45) is 7.05 Å². The number of hydrogen-bond donors (Lipinski definition) is 1. The average Bonchev–Trinajstić information content (AvgIpc) is 3.72. The molecule has 0 spiro atoms. The van der Waals surface area contributed by atoms with E-state index < -0.39 is 29.2 Å². The number of nitriles is 1. The topological polar surface area (TPSA) is 118 Å². The Morgan fingerprint density at radius 2 is 1.65 bits per heavy atom. The molecule has 1 aliphatic heterocycles. The number of aromatic nitrogens is 4. The molecule has 0 saturated carbocycles. The Morgan fingerprint density at radius 3 is 2.28 bits per heavy atom. The zero-order valence-electron chi connectivity index (χ0n) is 30.2. The van der Waals surface area contributed by atoms with E-state index in [9.17, 15) is 32.8 Å². The smallest absolute Gasteiger partial charge is 0.416 e. The summed E-state index contributed by atoms with van der Waals surface area (Å²) in [4.78, 5) is 43.7. The molecule has 1 N–H and O–H groups in total. The minimum absolute atomic E-state index is 0. The second-order valence-electron chi connectivity index (χ2n) is 13.9. The highest BCUT2D eigenvalue weighted by Gasteiger charge is 2.36. The summed E-state index contributed by atoms with van der Waals surface area (Å²) in [5.74, 6) is -1.17. The Hall–Kier alpha value is -5.46. The molecule has 6 rings (SSSR count). The first-order chi connectivity index (χ1) is 25.2. The first-order valence-electron chi connectivity index (χ1n) is 17.2. The number of halogens is 4. The molecule has 0 bridgehead atoms. The molecule has 0 radical (unpaired) electrons. The number of amides is 2. The summed E-state index contributed by atoms with van der Waals surface area (Å²) in [5, 5.41) is 16.4. The van der Waals surface area contributed by atoms with Crippen LogP contribution in [0, 0.1) is 11.3 Å². The van der Waals surface area contributed by atoms with Gasteiger partial charge in [0.2, 0.25) is 5.91 Å². The number of alkyl halides is 3. The van der Waals surface area contributed by atoms with Crippen molar-refractivity contribution in [2.45, 2.75) is 44.6 Å². The Kier molecular flexibility index (Phi) is 11.7. The van der Waals surface area contributed by atoms with E-state index in [0.717, 1.165) is 40.7 Å². The van der Waals surface area contributed by atoms with E-state index in [0.29, 0.717) is 30.4 Å². The van der Waals surface area contributed by atoms with Gasteiger partial charge in [0.15, 0.2) is 0 Å². The Bertz CT molecular complexity index is 2230. The van der Waals surface area contributed by atoms with Crippen LogP contribution in [0.1, 0.15) is 46.8 Å². The molecule has 1 aliphatic rings. The third-order valence-electron chi connectivity index (χ3n) is 9.95. The summed E-state index contributed by atoms with van der Waals surface area (Å²) < 4.78 is 45.7. The number of rotatable bonds is 9. The maximum Gasteiger partial charge on any atom is 0.416 e. The maximum atomic E-state index is 14.2. The highest BCUT2D eigenvalue weighted by Crippen LogP contribution is 2.32. The number of carbonyl (C=O) groups excluding carboxylic acids is 2. The van der Waals surface area contributed by atoms with E-state index in [4.69, 9.17) is 0 Å². The molecular formula is C39H40BrF3N8O3. The molecule has 15 heteroatoms. The Morgan fingerprint density at radius 1 is 0.981 bits per heavy atom. The molecule has 3 heterocycles. The second kappa shape index (κ2) is 15.9. The number of piperidine rings is 1. The number of carbonyl (C=O) groups is 2. The van der Waals surface area contributed by atoms with Crippen molar-refractivity contribution in [1.82, 2.24) is 29.4 Å². The van der Waals surface area contributed by atoms with Crippen LogP contribution in [-0.4, -0.2) is 79.6 Å². The standard InChI is InChI=1S/C39H39F3N8O3.BrH/c1-26(37(52)47-21-18-32(19-22-47)50(3,4)25-28-9-6-5-7-10-28)45-36(51)34-35(33-17-20-44-48(33)30-15-13-27(24-43)14-16-30)46(2)49(38(34)53)31-12-8-11-29(23-31)39(40,41)42;/h5-17,20,23,26,32H,18-19,21-22,25H2,1-4H3;1H/t26-;/m0./s1. The summed E-state index contributed by atoms with van der Waals surface area (Å²) in [5.41, 5.74) is 0.147. The van der Waals surface area contributed by atoms with Crippen LogP contribution in [0.15, 0.2) is 95.9 Å². The second-order valence-corrected chi connectivity index (χ2v) is 13.9. The van der Waals surface area contributed by atoms with Crippen LogP contribution >= 0.6 is 0 Å². The van der Waals surface area contributed by atoms with E-state index in [1.54, 1.807) is 42.2 Å². The molecule has 1 saturated heterocycles. The molecule has 0 unspecified atom stereocenters. The zero-order chi connectivity index (χ0) is 38.1. The lowest BCUT2D eigenvalue weighted by Gasteiger charge is -2.43. The molecule has 3 aromatic carbocycles. The number of likely N-dealkylation sites (tertiary alicyclic amines) is 1. The predicted molar refractivity (Wildman–Crippen MR) is 192 cm³/mol. The van der Waals surface area contributed by atoms with Gasteiger partial charge in [-0.25, -0.2) is 9.36 Å². The third kappa shape index (κ3) is 8.04. The van der Waals surface area contributed by atoms with Gasteiger partial charge >= 0.3 is 6.18 Å². The van der Waals surface area contributed by atoms with E-state index in [1.165, 1.54) is 40.3 Å². The summed E-state index contributed by atoms with van der Waals surface area (Å²) >= 11 is 0. The lowest BCUT2D eigenvalue weighted by Crippen LogP contribution is -3.00. The average molecular weight is 806 g/mol. The first kappa shape index (κ1) is 39.7. The molecule has 2 aromatic heterocycles. The third-order valence-corrected chi connectivity index (χ3v) is 9.95. The van der Waals surface area contributed by atoms with E-state index in [1.807, 2.05) is 24.3 Å². The maximum absolute atomic E-state index is 14.2. The number of benzene rings is 3. The quantitative estimate of drug-likeness (QED) is 0.230. The van der Waals surface area contributed by atoms with Gasteiger partial charge in [-0.1, -0.05) is 36.4 Å². The van der Waals surface area contributed by atoms with Crippen molar-refractivity contribution in [3.63, 3.8) is 0 Å². The summed E-state index contributed by atoms with van der Waals surface area (Å²) in [7, 11) is 5.84. The molecule has 1 fully saturated rings. The number of quaternary nitrogens is 1. The SMILES string of the molecule is C[C@H](NC(=O)c1c(-c2ccnn2-c2ccc(C#N)cc2)n(C)n(-c2cccc(C(F)(F)F)c2)c1=O)C(=O)N1CCC([N+](C)(C)Cc2ccccc2)CC1.[Br-]. The van der Waals surface area contributed by atoms with Gasteiger partial charge in [0, 0.05) is 38.5 Å². The monoisotopic (exact) mass is 804 g/mol. The zero-order valence-corrected chi connectivity index (χ0v) is 31.8. The van der Waals surface area contributed by atoms with Gasteiger partial charge < -0.3 is 31.7 Å². The van der Waals surface area contributed by atoms with Gasteiger partial charge in [-0.05, 0) is 55.5 Å². The van der Waals surface area contributed by atoms with E-state index in [-0.39, 0.29) is 45.5 Å². The lowest BCUT2D eigenvalue weighted by molar-refractivity contribution is -0.929. The van der Waals surface area contributed by atoms with Gasteiger partial charge in [-0.15, -0.1) is 0 Å². The van der Waals surface area contributed by atoms with E-state index >= 15 is 0 Å². The summed E-state index contributed by atoms with van der Waals surface area (Å²) in [6.07, 6.45) is -1.67. The number of nitrogens with one attached hydrogen (secondary N) is 1. The highest BCUT2D eigenvalue weighted by molar-refractivity contribution is 6.02. The van der Waals surface area contributed by atoms with Gasteiger partial charge in [-0.2, -0.15) is 23.5 Å². The van der Waals surface area contributed by atoms with Crippen LogP contribution in [-0.2, 0) is 24.6 Å².